The third-order valence-corrected chi connectivity index (χ3v) is 2.26. The molecule has 0 heterocycles. The molecule has 0 saturated heterocycles. The van der Waals surface area contributed by atoms with Crippen molar-refractivity contribution in [3.8, 4) is 0 Å². The number of hydrogen-bond acceptors (Lipinski definition) is 2. The molecule has 0 aliphatic carbocycles. The Kier molecular flexibility index (Phi) is 5.19. The number of rotatable bonds is 2. The van der Waals surface area contributed by atoms with Crippen LogP contribution in [0.25, 0.3) is 0 Å². The minimum Gasteiger partial charge on any atom is -0.358 e. The molecular formula is C6H12NS2. The van der Waals surface area contributed by atoms with E-state index in [4.69, 9.17) is 12.2 Å². The molecule has 9 heavy (non-hydrogen) atoms. The highest BCUT2D eigenvalue weighted by Crippen LogP contribution is 2.05. The van der Waals surface area contributed by atoms with Crippen LogP contribution in [-0.4, -0.2) is 22.3 Å². The molecule has 0 aliphatic rings. The first kappa shape index (κ1) is 9.24. The first-order chi connectivity index (χ1) is 4.26. The Bertz CT molecular complexity index is 89.1. The van der Waals surface area contributed by atoms with Gasteiger partial charge in [-0.2, -0.15) is 0 Å². The number of hydrogen-bond donors (Lipinski definition) is 0. The van der Waals surface area contributed by atoms with Crippen LogP contribution in [0.4, 0.5) is 0 Å². The number of thiocarbonyl (C=S) groups is 1. The topological polar surface area (TPSA) is 3.24 Å². The van der Waals surface area contributed by atoms with Crippen molar-refractivity contribution in [3.63, 3.8) is 0 Å². The lowest BCUT2D eigenvalue weighted by Gasteiger charge is -2.19. The molecule has 53 valence electrons. The Morgan fingerprint density at radius 3 is 2.11 bits per heavy atom. The van der Waals surface area contributed by atoms with E-state index in [1.807, 2.05) is 0 Å². The first-order valence-corrected chi connectivity index (χ1v) is 4.36. The van der Waals surface area contributed by atoms with Gasteiger partial charge in [0.2, 0.25) is 0 Å². The van der Waals surface area contributed by atoms with E-state index in [9.17, 15) is 0 Å². The fourth-order valence-corrected chi connectivity index (χ4v) is 1.27. The van der Waals surface area contributed by atoms with E-state index in [1.54, 1.807) is 0 Å². The van der Waals surface area contributed by atoms with E-state index in [0.29, 0.717) is 0 Å². The summed E-state index contributed by atoms with van der Waals surface area (Å²) in [6, 6.07) is 0. The van der Waals surface area contributed by atoms with Gasteiger partial charge >= 0.3 is 0 Å². The Labute approximate surface area is 66.8 Å². The van der Waals surface area contributed by atoms with E-state index in [0.717, 1.165) is 17.4 Å². The maximum atomic E-state index is 5.00. The summed E-state index contributed by atoms with van der Waals surface area (Å²) >= 11 is 6.39. The van der Waals surface area contributed by atoms with E-state index < -0.39 is 0 Å². The largest absolute Gasteiger partial charge is 0.358 e. The van der Waals surface area contributed by atoms with Gasteiger partial charge in [0.1, 0.15) is 4.32 Å². The summed E-state index contributed by atoms with van der Waals surface area (Å²) in [4.78, 5) is 2.10. The van der Waals surface area contributed by atoms with Crippen LogP contribution in [0.1, 0.15) is 13.8 Å². The average molecular weight is 162 g/mol. The van der Waals surface area contributed by atoms with Crippen molar-refractivity contribution in [2.45, 2.75) is 13.8 Å². The third-order valence-electron chi connectivity index (χ3n) is 1.15. The van der Waals surface area contributed by atoms with Crippen molar-refractivity contribution in [2.75, 3.05) is 13.1 Å². The molecule has 0 bridgehead atoms. The highest BCUT2D eigenvalue weighted by atomic mass is 32.2. The smallest absolute Gasteiger partial charge is 0.136 e. The molecule has 0 rings (SSSR count). The quantitative estimate of drug-likeness (QED) is 0.573. The number of thioether (sulfide) groups is 1. The van der Waals surface area contributed by atoms with Crippen LogP contribution in [0.15, 0.2) is 0 Å². The summed E-state index contributed by atoms with van der Waals surface area (Å²) in [5.41, 5.74) is 0. The second kappa shape index (κ2) is 5.06. The van der Waals surface area contributed by atoms with Crippen LogP contribution in [0.2, 0.25) is 0 Å². The van der Waals surface area contributed by atoms with Crippen LogP contribution in [0, 0.1) is 6.26 Å². The molecular weight excluding hydrogens is 150 g/mol. The zero-order valence-electron chi connectivity index (χ0n) is 5.89. The number of nitrogens with zero attached hydrogens (tertiary/aromatic N) is 1. The standard InChI is InChI=1S/C6H12NS2/c1-4-7(5-2)6(8)9-3/h3-5H2,1-2H3. The van der Waals surface area contributed by atoms with E-state index in [2.05, 4.69) is 25.0 Å². The van der Waals surface area contributed by atoms with Gasteiger partial charge in [0.05, 0.1) is 0 Å². The molecule has 0 N–H and O–H groups in total. The molecule has 0 aromatic rings. The normalized spacial score (nSPS) is 9.22. The summed E-state index contributed by atoms with van der Waals surface area (Å²) in [6.07, 6.45) is 3.64. The molecule has 0 spiro atoms. The van der Waals surface area contributed by atoms with Crippen LogP contribution < -0.4 is 0 Å². The predicted octanol–water partition coefficient (Wildman–Crippen LogP) is 2.14. The highest BCUT2D eigenvalue weighted by Gasteiger charge is 2.00. The SMILES string of the molecule is [CH2]SC(=S)N(CC)CC. The highest BCUT2D eigenvalue weighted by molar-refractivity contribution is 8.23. The van der Waals surface area contributed by atoms with E-state index in [1.165, 1.54) is 11.8 Å². The van der Waals surface area contributed by atoms with E-state index >= 15 is 0 Å². The Hall–Kier alpha value is 0.240. The summed E-state index contributed by atoms with van der Waals surface area (Å²) < 4.78 is 0.889. The van der Waals surface area contributed by atoms with Gasteiger partial charge in [0, 0.05) is 19.3 Å². The third kappa shape index (κ3) is 3.06. The van der Waals surface area contributed by atoms with Crippen molar-refractivity contribution < 1.29 is 0 Å². The molecule has 1 radical (unpaired) electrons. The molecule has 3 heteroatoms. The Morgan fingerprint density at radius 2 is 2.00 bits per heavy atom. The molecule has 0 saturated carbocycles. The first-order valence-electron chi connectivity index (χ1n) is 2.97. The van der Waals surface area contributed by atoms with Gasteiger partial charge in [-0.1, -0.05) is 24.0 Å². The molecule has 0 aromatic heterocycles. The minimum absolute atomic E-state index is 0.889. The van der Waals surface area contributed by atoms with Gasteiger partial charge in [0.15, 0.2) is 0 Å². The van der Waals surface area contributed by atoms with Gasteiger partial charge in [0.25, 0.3) is 0 Å². The van der Waals surface area contributed by atoms with Gasteiger partial charge in [-0.15, -0.1) is 0 Å². The predicted molar refractivity (Wildman–Crippen MR) is 48.5 cm³/mol. The van der Waals surface area contributed by atoms with E-state index in [-0.39, 0.29) is 0 Å². The minimum atomic E-state index is 0.889. The summed E-state index contributed by atoms with van der Waals surface area (Å²) in [5, 5.41) is 0. The molecule has 0 fully saturated rings. The van der Waals surface area contributed by atoms with Crippen LogP contribution in [0.3, 0.4) is 0 Å². The van der Waals surface area contributed by atoms with Gasteiger partial charge < -0.3 is 4.90 Å². The molecule has 0 amide bonds. The molecule has 1 nitrogen and oxygen atoms in total. The monoisotopic (exact) mass is 162 g/mol. The lowest BCUT2D eigenvalue weighted by Crippen LogP contribution is -2.25. The molecule has 0 aliphatic heterocycles. The van der Waals surface area contributed by atoms with Crippen LogP contribution >= 0.6 is 24.0 Å². The zero-order valence-corrected chi connectivity index (χ0v) is 7.52. The van der Waals surface area contributed by atoms with Gasteiger partial charge in [-0.3, -0.25) is 0 Å². The molecule has 0 unspecified atom stereocenters. The maximum Gasteiger partial charge on any atom is 0.136 e. The van der Waals surface area contributed by atoms with Crippen LogP contribution in [0.5, 0.6) is 0 Å². The average Bonchev–Trinajstić information content (AvgIpc) is 1.90. The Morgan fingerprint density at radius 1 is 1.56 bits per heavy atom. The lowest BCUT2D eigenvalue weighted by atomic mass is 10.6. The van der Waals surface area contributed by atoms with Crippen molar-refractivity contribution in [1.82, 2.24) is 4.90 Å². The lowest BCUT2D eigenvalue weighted by molar-refractivity contribution is 0.482. The second-order valence-corrected chi connectivity index (χ2v) is 2.90. The van der Waals surface area contributed by atoms with Crippen LogP contribution in [-0.2, 0) is 0 Å². The fraction of sp³-hybridized carbons (Fsp3) is 0.667. The maximum absolute atomic E-state index is 5.00. The molecule has 0 aromatic carbocycles. The van der Waals surface area contributed by atoms with Crippen molar-refractivity contribution in [3.05, 3.63) is 6.26 Å². The zero-order chi connectivity index (χ0) is 7.28. The summed E-state index contributed by atoms with van der Waals surface area (Å²) in [5.74, 6) is 0. The summed E-state index contributed by atoms with van der Waals surface area (Å²) in [7, 11) is 0. The second-order valence-electron chi connectivity index (χ2n) is 1.58. The molecule has 0 atom stereocenters. The van der Waals surface area contributed by atoms with Gasteiger partial charge in [-0.25, -0.2) is 0 Å². The van der Waals surface area contributed by atoms with Crippen molar-refractivity contribution in [2.24, 2.45) is 0 Å². The van der Waals surface area contributed by atoms with Gasteiger partial charge in [-0.05, 0) is 13.8 Å². The Balaban J connectivity index is 3.64. The summed E-state index contributed by atoms with van der Waals surface area (Å²) in [6.45, 7) is 6.15. The fourth-order valence-electron chi connectivity index (χ4n) is 0.573. The van der Waals surface area contributed by atoms with Crippen molar-refractivity contribution in [1.29, 1.82) is 0 Å². The van der Waals surface area contributed by atoms with Crippen molar-refractivity contribution >= 4 is 28.3 Å².